The molecule has 7 N–H and O–H groups in total. The molecule has 3 amide bonds. The lowest BCUT2D eigenvalue weighted by atomic mass is 9.83. The third kappa shape index (κ3) is 8.71. The van der Waals surface area contributed by atoms with Gasteiger partial charge in [-0.1, -0.05) is 42.3 Å². The highest BCUT2D eigenvalue weighted by Gasteiger charge is 2.64. The average molecular weight is 798 g/mol. The Balaban J connectivity index is 1.67. The van der Waals surface area contributed by atoms with Crippen LogP contribution in [-0.4, -0.2) is 132 Å². The van der Waals surface area contributed by atoms with Crippen LogP contribution in [0.5, 0.6) is 5.75 Å². The van der Waals surface area contributed by atoms with Gasteiger partial charge in [-0.25, -0.2) is 9.59 Å². The number of hydrogen-bond acceptors (Lipinski definition) is 15. The van der Waals surface area contributed by atoms with Gasteiger partial charge in [-0.15, -0.1) is 0 Å². The summed E-state index contributed by atoms with van der Waals surface area (Å²) in [5, 5.41) is 46.9. The number of nitrogens with two attached hydrogens (primary N) is 1. The molecule has 12 atom stereocenters. The first kappa shape index (κ1) is 42.1. The first-order chi connectivity index (χ1) is 25.9. The zero-order valence-electron chi connectivity index (χ0n) is 31.2. The van der Waals surface area contributed by atoms with E-state index in [1.54, 1.807) is 38.1 Å². The topological polar surface area (TPSA) is 258 Å². The van der Waals surface area contributed by atoms with Crippen LogP contribution in [0, 0.1) is 5.92 Å². The minimum Gasteiger partial charge on any atom is -0.495 e. The molecule has 0 aliphatic carbocycles. The van der Waals surface area contributed by atoms with Gasteiger partial charge in [-0.05, 0) is 38.0 Å². The van der Waals surface area contributed by atoms with E-state index >= 15 is 0 Å². The van der Waals surface area contributed by atoms with Crippen molar-refractivity contribution >= 4 is 41.4 Å². The number of anilines is 1. The number of hydrogen-bond donors (Lipinski definition) is 6. The van der Waals surface area contributed by atoms with E-state index in [0.29, 0.717) is 5.56 Å². The Hall–Kier alpha value is -4.01. The molecular weight excluding hydrogens is 750 g/mol. The van der Waals surface area contributed by atoms with Crippen molar-refractivity contribution in [3.05, 3.63) is 46.5 Å². The van der Waals surface area contributed by atoms with E-state index in [2.05, 4.69) is 5.32 Å². The van der Waals surface area contributed by atoms with Gasteiger partial charge in [0.25, 0.3) is 0 Å². The van der Waals surface area contributed by atoms with Crippen molar-refractivity contribution in [2.75, 3.05) is 25.7 Å². The van der Waals surface area contributed by atoms with Gasteiger partial charge in [0, 0.05) is 26.4 Å². The van der Waals surface area contributed by atoms with Crippen LogP contribution in [0.3, 0.4) is 0 Å². The van der Waals surface area contributed by atoms with Gasteiger partial charge >= 0.3 is 18.2 Å². The number of aliphatic hydroxyl groups excluding tert-OH is 3. The Kier molecular flexibility index (Phi) is 12.7. The van der Waals surface area contributed by atoms with Gasteiger partial charge in [0.15, 0.2) is 18.1 Å². The number of nitrogens with one attached hydrogen (secondary N) is 1. The summed E-state index contributed by atoms with van der Waals surface area (Å²) in [4.78, 5) is 52.7. The number of methoxy groups -OCH3 is 2. The predicted molar refractivity (Wildman–Crippen MR) is 191 cm³/mol. The summed E-state index contributed by atoms with van der Waals surface area (Å²) < 4.78 is 39.5. The first-order valence-corrected chi connectivity index (χ1v) is 17.9. The number of amides is 3. The Bertz CT molecular complexity index is 1710. The number of esters is 1. The number of benzene rings is 1. The van der Waals surface area contributed by atoms with E-state index in [-0.39, 0.29) is 29.3 Å². The molecule has 18 nitrogen and oxygen atoms in total. The second-order valence-corrected chi connectivity index (χ2v) is 14.7. The van der Waals surface area contributed by atoms with Crippen molar-refractivity contribution in [1.29, 1.82) is 0 Å². The van der Waals surface area contributed by atoms with Crippen molar-refractivity contribution in [3.8, 4) is 5.75 Å². The number of ether oxygens (including phenoxy) is 7. The zero-order chi connectivity index (χ0) is 40.6. The van der Waals surface area contributed by atoms with Crippen molar-refractivity contribution < 1.29 is 72.8 Å². The molecule has 0 saturated carbocycles. The average Bonchev–Trinajstić information content (AvgIpc) is 3.81. The number of allylic oxidation sites excluding steroid dienone is 3. The number of carbonyl (C=O) groups excluding carboxylic acids is 4. The van der Waals surface area contributed by atoms with Crippen LogP contribution >= 0.6 is 11.6 Å². The fraction of sp³-hybridized carbons (Fsp3) is 0.611. The van der Waals surface area contributed by atoms with Gasteiger partial charge in [-0.2, -0.15) is 0 Å². The van der Waals surface area contributed by atoms with Gasteiger partial charge in [0.2, 0.25) is 5.91 Å². The van der Waals surface area contributed by atoms with Crippen LogP contribution in [0.15, 0.2) is 35.9 Å². The highest BCUT2D eigenvalue weighted by atomic mass is 35.5. The van der Waals surface area contributed by atoms with Crippen LogP contribution in [0.4, 0.5) is 15.3 Å². The monoisotopic (exact) mass is 797 g/mol. The molecule has 55 heavy (non-hydrogen) atoms. The Morgan fingerprint density at radius 2 is 1.87 bits per heavy atom. The molecule has 4 bridgehead atoms. The largest absolute Gasteiger partial charge is 0.495 e. The lowest BCUT2D eigenvalue weighted by Gasteiger charge is -2.45. The standard InChI is InChI=1S/C36H48ClN3O15/c1-16-8-7-9-24(50-6)36(48)14-22(53-34(47)39-36)17(2)31-35(4,55-31)25(51-18(3)42)13-26(43)40(20-11-19(10-16)12-21(49-5)27(20)37)32-29(45)28(44)30(54-33(38)46)23(15-41)52-32/h7-9,11-12,17,22-25,28-32,41,44-45,48H,10,13-15H2,1-6H3,(H2,38,46)(H,39,47)/t17-,22+,23-,24-,25+,28-,29-,30-,31+,32-,35+,36+/m1/s1. The summed E-state index contributed by atoms with van der Waals surface area (Å²) >= 11 is 6.88. The van der Waals surface area contributed by atoms with E-state index in [4.69, 9.17) is 50.5 Å². The minimum atomic E-state index is -1.98. The third-order valence-corrected chi connectivity index (χ3v) is 10.8. The quantitative estimate of drug-likeness (QED) is 0.133. The number of primary amides is 1. The van der Waals surface area contributed by atoms with Crippen LogP contribution in [0.1, 0.15) is 46.1 Å². The Morgan fingerprint density at radius 1 is 1.16 bits per heavy atom. The smallest absolute Gasteiger partial charge is 0.409 e. The molecule has 4 aliphatic heterocycles. The highest BCUT2D eigenvalue weighted by Crippen LogP contribution is 2.49. The van der Waals surface area contributed by atoms with Gasteiger partial charge < -0.3 is 59.3 Å². The maximum atomic E-state index is 14.8. The number of halogens is 1. The molecule has 1 aromatic rings. The maximum absolute atomic E-state index is 14.8. The van der Waals surface area contributed by atoms with Crippen LogP contribution in [0.25, 0.3) is 0 Å². The van der Waals surface area contributed by atoms with E-state index < -0.39 is 109 Å². The van der Waals surface area contributed by atoms with Crippen LogP contribution in [-0.2, 0) is 44.4 Å². The molecule has 4 heterocycles. The van der Waals surface area contributed by atoms with Gasteiger partial charge in [0.1, 0.15) is 53.0 Å². The molecule has 5 rings (SSSR count). The number of alkyl carbamates (subject to hydrolysis) is 1. The van der Waals surface area contributed by atoms with Crippen LogP contribution < -0.4 is 20.7 Å². The summed E-state index contributed by atoms with van der Waals surface area (Å²) in [6, 6.07) is 3.17. The van der Waals surface area contributed by atoms with E-state index in [0.717, 1.165) is 17.4 Å². The third-order valence-electron chi connectivity index (χ3n) is 10.4. The number of rotatable bonds is 6. The van der Waals surface area contributed by atoms with Crippen LogP contribution in [0.2, 0.25) is 5.02 Å². The lowest BCUT2D eigenvalue weighted by molar-refractivity contribution is -0.227. The van der Waals surface area contributed by atoms with Gasteiger partial charge in [0.05, 0.1) is 31.9 Å². The summed E-state index contributed by atoms with van der Waals surface area (Å²) in [7, 11) is 2.74. The zero-order valence-corrected chi connectivity index (χ0v) is 31.9. The second kappa shape index (κ2) is 16.6. The van der Waals surface area contributed by atoms with E-state index in [1.807, 2.05) is 6.92 Å². The van der Waals surface area contributed by atoms with Crippen molar-refractivity contribution in [2.24, 2.45) is 11.7 Å². The number of carbonyl (C=O) groups is 4. The van der Waals surface area contributed by atoms with Gasteiger partial charge in [-0.3, -0.25) is 19.8 Å². The molecule has 0 aromatic heterocycles. The molecule has 3 fully saturated rings. The molecule has 1 aromatic carbocycles. The molecule has 3 saturated heterocycles. The summed E-state index contributed by atoms with van der Waals surface area (Å²) in [6.07, 6.45) is -10.5. The number of epoxide rings is 1. The molecule has 4 aliphatic rings. The lowest BCUT2D eigenvalue weighted by Crippen LogP contribution is -2.65. The fourth-order valence-corrected chi connectivity index (χ4v) is 7.81. The molecule has 0 radical (unpaired) electrons. The Morgan fingerprint density at radius 3 is 2.49 bits per heavy atom. The molecule has 0 unspecified atom stereocenters. The minimum absolute atomic E-state index is 0.0497. The normalized spacial score (nSPS) is 36.8. The molecule has 19 heteroatoms. The SMILES string of the molecule is COc1cc2cc(c1Cl)N([C@@H]1O[C@H](CO)[C@@H](OC(N)=O)[C@H](O)[C@H]1O)C(=O)C[C@H](OC(C)=O)[C@]1(C)O[C@H]1[C@H](C)[C@@H]1C[C@@](O)(NC(=O)O1)[C@H](OC)C=CC=C(C)C2. The number of fused-ring (bicyclic) bond motifs is 5. The predicted octanol–water partition coefficient (Wildman–Crippen LogP) is 0.961. The molecule has 304 valence electrons. The highest BCUT2D eigenvalue weighted by molar-refractivity contribution is 6.35. The summed E-state index contributed by atoms with van der Waals surface area (Å²) in [5.41, 5.74) is 3.20. The fourth-order valence-electron chi connectivity index (χ4n) is 7.54. The second-order valence-electron chi connectivity index (χ2n) is 14.3. The maximum Gasteiger partial charge on any atom is 0.409 e. The molecular formula is C36H48ClN3O15. The Labute approximate surface area is 322 Å². The summed E-state index contributed by atoms with van der Waals surface area (Å²) in [5.74, 6) is -2.12. The van der Waals surface area contributed by atoms with Crippen molar-refractivity contribution in [1.82, 2.24) is 5.32 Å². The number of aliphatic hydroxyl groups is 4. The van der Waals surface area contributed by atoms with E-state index in [1.165, 1.54) is 20.3 Å². The molecule has 0 spiro atoms. The van der Waals surface area contributed by atoms with E-state index in [9.17, 15) is 39.6 Å². The summed E-state index contributed by atoms with van der Waals surface area (Å²) in [6.45, 7) is 5.44. The number of nitrogens with zero attached hydrogens (tertiary/aromatic N) is 1. The van der Waals surface area contributed by atoms with Crippen molar-refractivity contribution in [2.45, 2.75) is 113 Å². The van der Waals surface area contributed by atoms with Crippen molar-refractivity contribution in [3.63, 3.8) is 0 Å². The first-order valence-electron chi connectivity index (χ1n) is 17.6.